The molecule has 0 aliphatic carbocycles. The first-order valence-electron chi connectivity index (χ1n) is 9.10. The van der Waals surface area contributed by atoms with Gasteiger partial charge in [0.05, 0.1) is 11.4 Å². The van der Waals surface area contributed by atoms with Crippen molar-refractivity contribution >= 4 is 11.9 Å². The fourth-order valence-corrected chi connectivity index (χ4v) is 2.43. The molecule has 0 unspecified atom stereocenters. The molecular formula is C20H28N4O4. The Hall–Kier alpha value is -2.84. The average molecular weight is 388 g/mol. The van der Waals surface area contributed by atoms with Gasteiger partial charge in [-0.15, -0.1) is 0 Å². The molecule has 0 saturated carbocycles. The third-order valence-corrected chi connectivity index (χ3v) is 3.78. The summed E-state index contributed by atoms with van der Waals surface area (Å²) in [6, 6.07) is 9.91. The highest BCUT2D eigenvalue weighted by Crippen LogP contribution is 2.05. The molecule has 0 bridgehead atoms. The quantitative estimate of drug-likeness (QED) is 0.675. The largest absolute Gasteiger partial charge is 0.477 e. The number of hydrogen-bond acceptors (Lipinski definition) is 6. The van der Waals surface area contributed by atoms with Gasteiger partial charge < -0.3 is 10.2 Å². The van der Waals surface area contributed by atoms with Crippen molar-refractivity contribution in [3.63, 3.8) is 0 Å². The molecule has 0 aliphatic rings. The predicted octanol–water partition coefficient (Wildman–Crippen LogP) is 2.46. The van der Waals surface area contributed by atoms with Crippen LogP contribution in [0.3, 0.4) is 0 Å². The van der Waals surface area contributed by atoms with Gasteiger partial charge in [0.25, 0.3) is 0 Å². The van der Waals surface area contributed by atoms with Crippen LogP contribution in [0.4, 0.5) is 0 Å². The minimum absolute atomic E-state index is 0.0393. The van der Waals surface area contributed by atoms with E-state index in [9.17, 15) is 9.59 Å². The van der Waals surface area contributed by atoms with Crippen LogP contribution < -0.4 is 0 Å². The van der Waals surface area contributed by atoms with Gasteiger partial charge in [0.2, 0.25) is 0 Å². The maximum absolute atomic E-state index is 11.0. The van der Waals surface area contributed by atoms with E-state index in [2.05, 4.69) is 9.97 Å². The van der Waals surface area contributed by atoms with E-state index in [1.165, 1.54) is 12.1 Å². The number of aromatic nitrogens is 2. The lowest BCUT2D eigenvalue weighted by atomic mass is 10.2. The summed E-state index contributed by atoms with van der Waals surface area (Å²) in [5.41, 5.74) is 1.48. The third-order valence-electron chi connectivity index (χ3n) is 3.78. The summed E-state index contributed by atoms with van der Waals surface area (Å²) in [6.45, 7) is 6.58. The Bertz CT molecular complexity index is 717. The fraction of sp³-hybridized carbons (Fsp3) is 0.400. The first kappa shape index (κ1) is 23.2. The van der Waals surface area contributed by atoms with Crippen LogP contribution in [-0.2, 0) is 13.1 Å². The Balaban J connectivity index is 0.00000190. The van der Waals surface area contributed by atoms with E-state index >= 15 is 0 Å². The van der Waals surface area contributed by atoms with E-state index in [1.807, 2.05) is 37.7 Å². The van der Waals surface area contributed by atoms with Gasteiger partial charge in [0.1, 0.15) is 11.4 Å². The maximum atomic E-state index is 11.0. The van der Waals surface area contributed by atoms with Crippen molar-refractivity contribution in [3.8, 4) is 0 Å². The Morgan fingerprint density at radius 3 is 1.46 bits per heavy atom. The smallest absolute Gasteiger partial charge is 0.354 e. The van der Waals surface area contributed by atoms with Crippen LogP contribution in [0.25, 0.3) is 0 Å². The fourth-order valence-electron chi connectivity index (χ4n) is 2.43. The highest BCUT2D eigenvalue weighted by molar-refractivity contribution is 5.85. The van der Waals surface area contributed by atoms with Gasteiger partial charge in [-0.2, -0.15) is 0 Å². The normalized spacial score (nSPS) is 10.5. The Kier molecular flexibility index (Phi) is 9.76. The van der Waals surface area contributed by atoms with E-state index in [1.54, 1.807) is 24.3 Å². The Morgan fingerprint density at radius 1 is 0.786 bits per heavy atom. The Labute approximate surface area is 165 Å². The summed E-state index contributed by atoms with van der Waals surface area (Å²) in [7, 11) is 3.87. The van der Waals surface area contributed by atoms with Crippen LogP contribution in [0.5, 0.6) is 0 Å². The zero-order valence-corrected chi connectivity index (χ0v) is 16.8. The molecule has 2 aromatic heterocycles. The second-order valence-electron chi connectivity index (χ2n) is 6.11. The van der Waals surface area contributed by atoms with E-state index in [0.717, 1.165) is 13.1 Å². The average Bonchev–Trinajstić information content (AvgIpc) is 2.68. The lowest BCUT2D eigenvalue weighted by Gasteiger charge is -2.21. The summed E-state index contributed by atoms with van der Waals surface area (Å²) in [6.07, 6.45) is 0. The van der Waals surface area contributed by atoms with Gasteiger partial charge in [0.15, 0.2) is 0 Å². The van der Waals surface area contributed by atoms with Crippen LogP contribution >= 0.6 is 0 Å². The van der Waals surface area contributed by atoms with Crippen LogP contribution in [0.1, 0.15) is 46.2 Å². The van der Waals surface area contributed by atoms with Gasteiger partial charge in [-0.1, -0.05) is 26.0 Å². The Morgan fingerprint density at radius 2 is 1.14 bits per heavy atom. The number of hydrogen-bond donors (Lipinski definition) is 2. The molecule has 0 radical (unpaired) electrons. The van der Waals surface area contributed by atoms with Crippen molar-refractivity contribution in [2.45, 2.75) is 26.9 Å². The van der Waals surface area contributed by atoms with Gasteiger partial charge in [-0.25, -0.2) is 19.6 Å². The molecule has 0 atom stereocenters. The molecule has 2 aromatic rings. The highest BCUT2D eigenvalue weighted by atomic mass is 16.4. The second-order valence-corrected chi connectivity index (χ2v) is 6.11. The summed E-state index contributed by atoms with van der Waals surface area (Å²) in [4.78, 5) is 34.3. The summed E-state index contributed by atoms with van der Waals surface area (Å²) in [5, 5.41) is 18.0. The first-order chi connectivity index (χ1) is 13.3. The van der Waals surface area contributed by atoms with Crippen LogP contribution in [0.15, 0.2) is 36.4 Å². The van der Waals surface area contributed by atoms with Crippen LogP contribution in [0, 0.1) is 0 Å². The van der Waals surface area contributed by atoms with E-state index in [4.69, 9.17) is 10.2 Å². The lowest BCUT2D eigenvalue weighted by molar-refractivity contribution is 0.0679. The van der Waals surface area contributed by atoms with Crippen molar-refractivity contribution in [2.24, 2.45) is 0 Å². The summed E-state index contributed by atoms with van der Waals surface area (Å²) >= 11 is 0. The third kappa shape index (κ3) is 7.81. The lowest BCUT2D eigenvalue weighted by Crippen LogP contribution is -2.31. The van der Waals surface area contributed by atoms with E-state index < -0.39 is 11.9 Å². The standard InChI is InChI=1S/C18H22N4O4.C2H6/c1-21(11-13-5-3-7-15(19-13)17(23)24)9-10-22(2)12-14-6-4-8-16(20-14)18(25)26;1-2/h3-8H,9-12H2,1-2H3,(H,23,24)(H,25,26);1-2H3. The number of aromatic carboxylic acids is 2. The zero-order chi connectivity index (χ0) is 21.1. The zero-order valence-electron chi connectivity index (χ0n) is 16.8. The molecule has 0 saturated heterocycles. The number of likely N-dealkylation sites (N-methyl/N-ethyl adjacent to an activating group) is 2. The summed E-state index contributed by atoms with van der Waals surface area (Å²) < 4.78 is 0. The number of carboxylic acid groups (broad SMARTS) is 2. The molecule has 0 amide bonds. The molecule has 8 nitrogen and oxygen atoms in total. The van der Waals surface area contributed by atoms with Gasteiger partial charge in [-0.05, 0) is 38.4 Å². The molecule has 8 heteroatoms. The number of carboxylic acids is 2. The monoisotopic (exact) mass is 388 g/mol. The minimum Gasteiger partial charge on any atom is -0.477 e. The molecule has 28 heavy (non-hydrogen) atoms. The predicted molar refractivity (Wildman–Crippen MR) is 106 cm³/mol. The molecule has 0 aromatic carbocycles. The van der Waals surface area contributed by atoms with Gasteiger partial charge in [0, 0.05) is 26.2 Å². The van der Waals surface area contributed by atoms with Gasteiger partial charge in [-0.3, -0.25) is 9.80 Å². The van der Waals surface area contributed by atoms with Crippen LogP contribution in [0.2, 0.25) is 0 Å². The van der Waals surface area contributed by atoms with Crippen molar-refractivity contribution < 1.29 is 19.8 Å². The molecule has 152 valence electrons. The van der Waals surface area contributed by atoms with Crippen LogP contribution in [-0.4, -0.2) is 69.1 Å². The minimum atomic E-state index is -1.04. The van der Waals surface area contributed by atoms with Crippen molar-refractivity contribution in [1.29, 1.82) is 0 Å². The van der Waals surface area contributed by atoms with E-state index in [-0.39, 0.29) is 11.4 Å². The molecular weight excluding hydrogens is 360 g/mol. The van der Waals surface area contributed by atoms with Gasteiger partial charge >= 0.3 is 11.9 Å². The van der Waals surface area contributed by atoms with E-state index in [0.29, 0.717) is 24.5 Å². The SMILES string of the molecule is CC.CN(CCN(C)Cc1cccc(C(=O)O)n1)Cc1cccc(C(=O)O)n1. The molecule has 2 heterocycles. The number of rotatable bonds is 9. The first-order valence-corrected chi connectivity index (χ1v) is 9.10. The second kappa shape index (κ2) is 11.8. The van der Waals surface area contributed by atoms with Crippen molar-refractivity contribution in [1.82, 2.24) is 19.8 Å². The molecule has 2 rings (SSSR count). The number of carbonyl (C=O) groups is 2. The maximum Gasteiger partial charge on any atom is 0.354 e. The number of nitrogens with zero attached hydrogens (tertiary/aromatic N) is 4. The molecule has 0 fully saturated rings. The van der Waals surface area contributed by atoms with Crippen molar-refractivity contribution in [2.75, 3.05) is 27.2 Å². The highest BCUT2D eigenvalue weighted by Gasteiger charge is 2.10. The molecule has 0 aliphatic heterocycles. The molecule has 0 spiro atoms. The summed E-state index contributed by atoms with van der Waals surface area (Å²) in [5.74, 6) is -2.07. The van der Waals surface area contributed by atoms with Crippen molar-refractivity contribution in [3.05, 3.63) is 59.2 Å². The topological polar surface area (TPSA) is 107 Å². The number of pyridine rings is 2. The molecule has 2 N–H and O–H groups in total.